The van der Waals surface area contributed by atoms with Gasteiger partial charge in [0.15, 0.2) is 0 Å². The molecule has 3 atom stereocenters. The van der Waals surface area contributed by atoms with E-state index >= 15 is 0 Å². The number of hydrogen-bond acceptors (Lipinski definition) is 2. The predicted octanol–water partition coefficient (Wildman–Crippen LogP) is 1.18. The van der Waals surface area contributed by atoms with Gasteiger partial charge < -0.3 is 9.80 Å². The zero-order valence-electron chi connectivity index (χ0n) is 9.33. The number of hydrogen-bond donors (Lipinski definition) is 0. The fraction of sp³-hybridized carbons (Fsp3) is 0.900. The highest BCUT2D eigenvalue weighted by atomic mass is 79.9. The van der Waals surface area contributed by atoms with E-state index in [9.17, 15) is 4.79 Å². The number of likely N-dealkylation sites (N-methyl/N-ethyl adjacent to an activating group) is 1. The van der Waals surface area contributed by atoms with Crippen LogP contribution in [-0.4, -0.2) is 53.8 Å². The molecule has 1 heterocycles. The molecule has 1 amide bonds. The minimum atomic E-state index is -0.0596. The summed E-state index contributed by atoms with van der Waals surface area (Å²) in [5.41, 5.74) is 0. The molecule has 1 fully saturated rings. The first-order valence-corrected chi connectivity index (χ1v) is 5.94. The van der Waals surface area contributed by atoms with Gasteiger partial charge >= 0.3 is 0 Å². The van der Waals surface area contributed by atoms with Gasteiger partial charge in [-0.2, -0.15) is 0 Å². The van der Waals surface area contributed by atoms with Crippen LogP contribution in [0, 0.1) is 5.92 Å². The summed E-state index contributed by atoms with van der Waals surface area (Å²) in [5, 5.41) is 0. The van der Waals surface area contributed by atoms with Gasteiger partial charge in [-0.15, -0.1) is 0 Å². The lowest BCUT2D eigenvalue weighted by atomic mass is 10.1. The SMILES string of the molecule is CC(Br)C(=O)N1CC(C)C(N(C)C)C1. The number of rotatable bonds is 2. The van der Waals surface area contributed by atoms with E-state index in [0.29, 0.717) is 12.0 Å². The van der Waals surface area contributed by atoms with Gasteiger partial charge in [-0.05, 0) is 26.9 Å². The number of likely N-dealkylation sites (tertiary alicyclic amines) is 1. The standard InChI is InChI=1S/C10H19BrN2O/c1-7-5-13(10(14)8(2)11)6-9(7)12(3)4/h7-9H,5-6H2,1-4H3. The molecule has 14 heavy (non-hydrogen) atoms. The molecule has 1 saturated heterocycles. The zero-order chi connectivity index (χ0) is 10.9. The van der Waals surface area contributed by atoms with E-state index in [4.69, 9.17) is 0 Å². The van der Waals surface area contributed by atoms with Crippen LogP contribution in [0.25, 0.3) is 0 Å². The van der Waals surface area contributed by atoms with Crippen LogP contribution >= 0.6 is 15.9 Å². The summed E-state index contributed by atoms with van der Waals surface area (Å²) in [6.45, 7) is 5.84. The maximum Gasteiger partial charge on any atom is 0.236 e. The van der Waals surface area contributed by atoms with Crippen molar-refractivity contribution in [1.82, 2.24) is 9.80 Å². The van der Waals surface area contributed by atoms with Gasteiger partial charge in [0.1, 0.15) is 0 Å². The molecular formula is C10H19BrN2O. The smallest absolute Gasteiger partial charge is 0.236 e. The van der Waals surface area contributed by atoms with Crippen molar-refractivity contribution in [1.29, 1.82) is 0 Å². The van der Waals surface area contributed by atoms with Gasteiger partial charge in [0.05, 0.1) is 4.83 Å². The van der Waals surface area contributed by atoms with E-state index < -0.39 is 0 Å². The van der Waals surface area contributed by atoms with E-state index in [2.05, 4.69) is 41.8 Å². The summed E-state index contributed by atoms with van der Waals surface area (Å²) in [5.74, 6) is 0.779. The summed E-state index contributed by atoms with van der Waals surface area (Å²) in [6.07, 6.45) is 0. The van der Waals surface area contributed by atoms with Crippen molar-refractivity contribution in [3.8, 4) is 0 Å². The lowest BCUT2D eigenvalue weighted by molar-refractivity contribution is -0.129. The van der Waals surface area contributed by atoms with E-state index in [1.807, 2.05) is 11.8 Å². The normalized spacial score (nSPS) is 29.7. The molecule has 0 bridgehead atoms. The molecule has 0 radical (unpaired) electrons. The molecule has 3 unspecified atom stereocenters. The van der Waals surface area contributed by atoms with Gasteiger partial charge in [-0.25, -0.2) is 0 Å². The first kappa shape index (κ1) is 12.0. The lowest BCUT2D eigenvalue weighted by Crippen LogP contribution is -2.37. The molecule has 0 saturated carbocycles. The molecule has 1 rings (SSSR count). The number of carbonyl (C=O) groups is 1. The second-order valence-electron chi connectivity index (χ2n) is 4.37. The van der Waals surface area contributed by atoms with Crippen LogP contribution in [0.1, 0.15) is 13.8 Å². The van der Waals surface area contributed by atoms with Gasteiger partial charge in [0, 0.05) is 19.1 Å². The summed E-state index contributed by atoms with van der Waals surface area (Å²) in [4.78, 5) is 15.8. The van der Waals surface area contributed by atoms with Crippen molar-refractivity contribution in [2.24, 2.45) is 5.92 Å². The van der Waals surface area contributed by atoms with Crippen molar-refractivity contribution in [2.75, 3.05) is 27.2 Å². The van der Waals surface area contributed by atoms with Crippen LogP contribution in [0.5, 0.6) is 0 Å². The van der Waals surface area contributed by atoms with Gasteiger partial charge in [-0.3, -0.25) is 4.79 Å². The quantitative estimate of drug-likeness (QED) is 0.698. The lowest BCUT2D eigenvalue weighted by Gasteiger charge is -2.22. The fourth-order valence-electron chi connectivity index (χ4n) is 2.05. The molecule has 0 spiro atoms. The molecule has 0 N–H and O–H groups in total. The number of carbonyl (C=O) groups excluding carboxylic acids is 1. The van der Waals surface area contributed by atoms with Crippen LogP contribution < -0.4 is 0 Å². The third-order valence-electron chi connectivity index (χ3n) is 2.89. The Morgan fingerprint density at radius 1 is 1.50 bits per heavy atom. The first-order chi connectivity index (χ1) is 6.43. The van der Waals surface area contributed by atoms with Gasteiger partial charge in [-0.1, -0.05) is 22.9 Å². The average molecular weight is 263 g/mol. The Morgan fingerprint density at radius 2 is 2.07 bits per heavy atom. The van der Waals surface area contributed by atoms with E-state index in [1.54, 1.807) is 0 Å². The second-order valence-corrected chi connectivity index (χ2v) is 5.74. The maximum absolute atomic E-state index is 11.7. The summed E-state index contributed by atoms with van der Waals surface area (Å²) < 4.78 is 0. The first-order valence-electron chi connectivity index (χ1n) is 5.02. The van der Waals surface area contributed by atoms with Crippen LogP contribution in [0.2, 0.25) is 0 Å². The van der Waals surface area contributed by atoms with Crippen molar-refractivity contribution < 1.29 is 4.79 Å². The Kier molecular flexibility index (Phi) is 3.95. The Labute approximate surface area is 94.6 Å². The molecule has 0 aromatic heterocycles. The Bertz CT molecular complexity index is 218. The molecule has 0 aliphatic carbocycles. The van der Waals surface area contributed by atoms with E-state index in [0.717, 1.165) is 13.1 Å². The highest BCUT2D eigenvalue weighted by molar-refractivity contribution is 9.10. The minimum absolute atomic E-state index is 0.0596. The van der Waals surface area contributed by atoms with Crippen molar-refractivity contribution in [3.63, 3.8) is 0 Å². The van der Waals surface area contributed by atoms with Crippen LogP contribution in [0.3, 0.4) is 0 Å². The number of nitrogens with zero attached hydrogens (tertiary/aromatic N) is 2. The Morgan fingerprint density at radius 3 is 2.43 bits per heavy atom. The maximum atomic E-state index is 11.7. The van der Waals surface area contributed by atoms with Crippen molar-refractivity contribution >= 4 is 21.8 Å². The minimum Gasteiger partial charge on any atom is -0.340 e. The van der Waals surface area contributed by atoms with Crippen LogP contribution in [0.4, 0.5) is 0 Å². The highest BCUT2D eigenvalue weighted by Gasteiger charge is 2.34. The largest absolute Gasteiger partial charge is 0.340 e. The van der Waals surface area contributed by atoms with Gasteiger partial charge in [0.25, 0.3) is 0 Å². The summed E-state index contributed by atoms with van der Waals surface area (Å²) in [7, 11) is 4.15. The third kappa shape index (κ3) is 2.48. The number of alkyl halides is 1. The molecule has 1 aliphatic rings. The number of amides is 1. The second kappa shape index (κ2) is 4.62. The molecular weight excluding hydrogens is 244 g/mol. The number of halogens is 1. The predicted molar refractivity (Wildman–Crippen MR) is 61.6 cm³/mol. The zero-order valence-corrected chi connectivity index (χ0v) is 10.9. The van der Waals surface area contributed by atoms with Gasteiger partial charge in [0.2, 0.25) is 5.91 Å². The Balaban J connectivity index is 2.59. The molecule has 0 aromatic rings. The van der Waals surface area contributed by atoms with Crippen molar-refractivity contribution in [2.45, 2.75) is 24.7 Å². The molecule has 0 aromatic carbocycles. The molecule has 1 aliphatic heterocycles. The third-order valence-corrected chi connectivity index (χ3v) is 3.28. The fourth-order valence-corrected chi connectivity index (χ4v) is 2.34. The van der Waals surface area contributed by atoms with Crippen LogP contribution in [-0.2, 0) is 4.79 Å². The van der Waals surface area contributed by atoms with Crippen LogP contribution in [0.15, 0.2) is 0 Å². The average Bonchev–Trinajstić information content (AvgIpc) is 2.45. The summed E-state index contributed by atoms with van der Waals surface area (Å²) >= 11 is 3.32. The topological polar surface area (TPSA) is 23.6 Å². The monoisotopic (exact) mass is 262 g/mol. The molecule has 82 valence electrons. The molecule has 3 nitrogen and oxygen atoms in total. The molecule has 4 heteroatoms. The highest BCUT2D eigenvalue weighted by Crippen LogP contribution is 2.21. The van der Waals surface area contributed by atoms with E-state index in [-0.39, 0.29) is 10.7 Å². The summed E-state index contributed by atoms with van der Waals surface area (Å²) in [6, 6.07) is 0.505. The van der Waals surface area contributed by atoms with Crippen molar-refractivity contribution in [3.05, 3.63) is 0 Å². The Hall–Kier alpha value is -0.0900. The van der Waals surface area contributed by atoms with E-state index in [1.165, 1.54) is 0 Å².